The zero-order valence-electron chi connectivity index (χ0n) is 16.8. The number of benzene rings is 1. The monoisotopic (exact) mass is 395 g/mol. The van der Waals surface area contributed by atoms with Crippen molar-refractivity contribution < 1.29 is 9.13 Å². The maximum atomic E-state index is 14.8. The lowest BCUT2D eigenvalue weighted by molar-refractivity contribution is 0.338. The summed E-state index contributed by atoms with van der Waals surface area (Å²) in [5.74, 6) is 0.703. The lowest BCUT2D eigenvalue weighted by Gasteiger charge is -2.16. The number of rotatable bonds is 6. The molecule has 4 aromatic rings. The quantitative estimate of drug-likeness (QED) is 0.539. The van der Waals surface area contributed by atoms with Gasteiger partial charge in [0.15, 0.2) is 11.6 Å². The number of hydrogen-bond donors (Lipinski definition) is 1. The first-order chi connectivity index (χ1) is 14.0. The molecule has 1 N–H and O–H groups in total. The average Bonchev–Trinajstić information content (AvgIpc) is 3.31. The normalized spacial score (nSPS) is 11.2. The summed E-state index contributed by atoms with van der Waals surface area (Å²) >= 11 is 0. The molecule has 0 aliphatic carbocycles. The molecule has 3 aromatic heterocycles. The van der Waals surface area contributed by atoms with Gasteiger partial charge < -0.3 is 9.64 Å². The van der Waals surface area contributed by atoms with Crippen LogP contribution in [0.3, 0.4) is 0 Å². The lowest BCUT2D eigenvalue weighted by Crippen LogP contribution is -2.19. The Hall–Kier alpha value is -3.49. The molecule has 4 rings (SSSR count). The highest BCUT2D eigenvalue weighted by atomic mass is 19.1. The highest BCUT2D eigenvalue weighted by Crippen LogP contribution is 2.30. The number of anilines is 1. The molecular formula is C20H22FN7O. The number of aryl methyl sites for hydroxylation is 2. The molecule has 0 unspecified atom stereocenters. The zero-order chi connectivity index (χ0) is 20.5. The van der Waals surface area contributed by atoms with Crippen molar-refractivity contribution >= 4 is 16.7 Å². The van der Waals surface area contributed by atoms with Gasteiger partial charge in [0.05, 0.1) is 35.6 Å². The maximum absolute atomic E-state index is 14.8. The van der Waals surface area contributed by atoms with Crippen LogP contribution < -0.4 is 9.64 Å². The summed E-state index contributed by atoms with van der Waals surface area (Å²) in [6, 6.07) is 6.68. The third kappa shape index (κ3) is 3.39. The van der Waals surface area contributed by atoms with E-state index in [0.29, 0.717) is 35.9 Å². The van der Waals surface area contributed by atoms with Crippen LogP contribution in [0.4, 0.5) is 10.2 Å². The van der Waals surface area contributed by atoms with E-state index in [2.05, 4.69) is 20.4 Å². The first-order valence-corrected chi connectivity index (χ1v) is 9.34. The van der Waals surface area contributed by atoms with Crippen molar-refractivity contribution in [3.8, 4) is 11.4 Å². The van der Waals surface area contributed by atoms with Crippen molar-refractivity contribution in [1.82, 2.24) is 30.2 Å². The van der Waals surface area contributed by atoms with Gasteiger partial charge in [0.2, 0.25) is 0 Å². The minimum atomic E-state index is -0.405. The van der Waals surface area contributed by atoms with Gasteiger partial charge in [-0.2, -0.15) is 15.3 Å². The van der Waals surface area contributed by atoms with Crippen molar-refractivity contribution in [3.05, 3.63) is 53.4 Å². The molecule has 0 saturated heterocycles. The van der Waals surface area contributed by atoms with Crippen molar-refractivity contribution in [1.29, 1.82) is 0 Å². The predicted octanol–water partition coefficient (Wildman–Crippen LogP) is 3.33. The molecule has 0 fully saturated rings. The summed E-state index contributed by atoms with van der Waals surface area (Å²) in [6.45, 7) is 6.68. The second-order valence-corrected chi connectivity index (χ2v) is 6.81. The highest BCUT2D eigenvalue weighted by molar-refractivity contribution is 5.92. The van der Waals surface area contributed by atoms with E-state index in [4.69, 9.17) is 9.84 Å². The van der Waals surface area contributed by atoms with Crippen LogP contribution in [0.25, 0.3) is 16.6 Å². The summed E-state index contributed by atoms with van der Waals surface area (Å²) in [5.41, 5.74) is 3.51. The Morgan fingerprint density at radius 2 is 2.03 bits per heavy atom. The molecule has 0 saturated carbocycles. The van der Waals surface area contributed by atoms with E-state index >= 15 is 0 Å². The van der Waals surface area contributed by atoms with Gasteiger partial charge in [-0.1, -0.05) is 0 Å². The van der Waals surface area contributed by atoms with Gasteiger partial charge in [-0.15, -0.1) is 5.10 Å². The van der Waals surface area contributed by atoms with Gasteiger partial charge in [0.25, 0.3) is 0 Å². The molecule has 0 aliphatic heterocycles. The fraction of sp³-hybridized carbons (Fsp3) is 0.300. The number of hydrogen-bond acceptors (Lipinski definition) is 6. The van der Waals surface area contributed by atoms with Crippen LogP contribution in [0.2, 0.25) is 0 Å². The van der Waals surface area contributed by atoms with Crippen LogP contribution in [0.15, 0.2) is 30.5 Å². The minimum Gasteiger partial charge on any atom is -0.494 e. The van der Waals surface area contributed by atoms with E-state index in [-0.39, 0.29) is 0 Å². The standard InChI is InChI=1S/C20H22FN7O/c1-5-29-15-6-7-17(16(21)10-15)28-13(3)18-12(2)23-25-20(19(18)26-28)27(4)11-14-8-9-22-24-14/h6-10H,5,11H2,1-4H3,(H,22,24). The molecule has 0 spiro atoms. The SMILES string of the molecule is CCOc1ccc(-n2nc3c(N(C)Cc4ccn[nH]4)nnc(C)c3c2C)c(F)c1. The lowest BCUT2D eigenvalue weighted by atomic mass is 10.2. The van der Waals surface area contributed by atoms with Crippen LogP contribution in [0, 0.1) is 19.7 Å². The van der Waals surface area contributed by atoms with E-state index in [1.54, 1.807) is 23.0 Å². The van der Waals surface area contributed by atoms with Crippen molar-refractivity contribution in [3.63, 3.8) is 0 Å². The Kier molecular flexibility index (Phi) is 4.87. The number of H-pyrrole nitrogens is 1. The number of aromatic nitrogens is 6. The average molecular weight is 395 g/mol. The Bertz CT molecular complexity index is 1150. The number of fused-ring (bicyclic) bond motifs is 1. The van der Waals surface area contributed by atoms with Crippen LogP contribution in [-0.4, -0.2) is 43.8 Å². The largest absolute Gasteiger partial charge is 0.494 e. The van der Waals surface area contributed by atoms with E-state index in [1.165, 1.54) is 6.07 Å². The van der Waals surface area contributed by atoms with E-state index in [0.717, 1.165) is 22.5 Å². The van der Waals surface area contributed by atoms with E-state index < -0.39 is 5.82 Å². The molecule has 1 aromatic carbocycles. The van der Waals surface area contributed by atoms with Gasteiger partial charge in [-0.25, -0.2) is 9.07 Å². The molecule has 3 heterocycles. The van der Waals surface area contributed by atoms with Crippen molar-refractivity contribution in [2.24, 2.45) is 0 Å². The summed E-state index contributed by atoms with van der Waals surface area (Å²) in [5, 5.41) is 21.1. The zero-order valence-corrected chi connectivity index (χ0v) is 16.8. The Balaban J connectivity index is 1.81. The Morgan fingerprint density at radius 1 is 1.21 bits per heavy atom. The molecule has 0 aliphatic rings. The van der Waals surface area contributed by atoms with Gasteiger partial charge in [0.1, 0.15) is 17.0 Å². The van der Waals surface area contributed by atoms with Crippen LogP contribution in [-0.2, 0) is 6.54 Å². The second-order valence-electron chi connectivity index (χ2n) is 6.81. The topological polar surface area (TPSA) is 84.8 Å². The summed E-state index contributed by atoms with van der Waals surface area (Å²) in [7, 11) is 1.91. The molecule has 0 bridgehead atoms. The van der Waals surface area contributed by atoms with Crippen molar-refractivity contribution in [2.45, 2.75) is 27.3 Å². The summed E-state index contributed by atoms with van der Waals surface area (Å²) in [6.07, 6.45) is 1.70. The van der Waals surface area contributed by atoms with Crippen LogP contribution in [0.5, 0.6) is 5.75 Å². The molecule has 0 amide bonds. The first-order valence-electron chi connectivity index (χ1n) is 9.34. The molecular weight excluding hydrogens is 373 g/mol. The smallest absolute Gasteiger partial charge is 0.179 e. The third-order valence-corrected chi connectivity index (χ3v) is 4.77. The fourth-order valence-electron chi connectivity index (χ4n) is 3.42. The van der Waals surface area contributed by atoms with Gasteiger partial charge in [-0.3, -0.25) is 5.10 Å². The maximum Gasteiger partial charge on any atom is 0.179 e. The molecule has 8 nitrogen and oxygen atoms in total. The molecule has 9 heteroatoms. The molecule has 29 heavy (non-hydrogen) atoms. The Labute approximate surface area is 167 Å². The number of nitrogens with one attached hydrogen (secondary N) is 1. The van der Waals surface area contributed by atoms with Crippen LogP contribution >= 0.6 is 0 Å². The Morgan fingerprint density at radius 3 is 2.72 bits per heavy atom. The van der Waals surface area contributed by atoms with Crippen molar-refractivity contribution in [2.75, 3.05) is 18.6 Å². The highest BCUT2D eigenvalue weighted by Gasteiger charge is 2.21. The van der Waals surface area contributed by atoms with E-state index in [1.807, 2.05) is 38.8 Å². The fourth-order valence-corrected chi connectivity index (χ4v) is 3.42. The molecule has 0 radical (unpaired) electrons. The van der Waals surface area contributed by atoms with Gasteiger partial charge >= 0.3 is 0 Å². The molecule has 0 atom stereocenters. The third-order valence-electron chi connectivity index (χ3n) is 4.77. The number of halogens is 1. The minimum absolute atomic E-state index is 0.351. The van der Waals surface area contributed by atoms with E-state index in [9.17, 15) is 4.39 Å². The van der Waals surface area contributed by atoms with Crippen LogP contribution in [0.1, 0.15) is 24.0 Å². The number of ether oxygens (including phenoxy) is 1. The second kappa shape index (κ2) is 7.50. The van der Waals surface area contributed by atoms with Gasteiger partial charge in [0, 0.05) is 19.3 Å². The molecule has 150 valence electrons. The predicted molar refractivity (Wildman–Crippen MR) is 108 cm³/mol. The number of nitrogens with zero attached hydrogens (tertiary/aromatic N) is 6. The summed E-state index contributed by atoms with van der Waals surface area (Å²) < 4.78 is 21.8. The summed E-state index contributed by atoms with van der Waals surface area (Å²) in [4.78, 5) is 1.94. The first kappa shape index (κ1) is 18.9. The van der Waals surface area contributed by atoms with Gasteiger partial charge in [-0.05, 0) is 39.0 Å². The number of aromatic amines is 1.